The first-order chi connectivity index (χ1) is 11.2. The summed E-state index contributed by atoms with van der Waals surface area (Å²) >= 11 is 0. The van der Waals surface area contributed by atoms with Crippen LogP contribution >= 0.6 is 0 Å². The van der Waals surface area contributed by atoms with Gasteiger partial charge in [-0.25, -0.2) is 4.79 Å². The van der Waals surface area contributed by atoms with Crippen LogP contribution < -0.4 is 4.74 Å². The van der Waals surface area contributed by atoms with E-state index in [0.29, 0.717) is 24.4 Å². The normalized spacial score (nSPS) is 14.0. The van der Waals surface area contributed by atoms with Crippen LogP contribution in [-0.4, -0.2) is 48.1 Å². The number of amides is 1. The fourth-order valence-electron chi connectivity index (χ4n) is 2.42. The summed E-state index contributed by atoms with van der Waals surface area (Å²) < 4.78 is 10.4. The van der Waals surface area contributed by atoms with Crippen molar-refractivity contribution >= 4 is 11.9 Å². The predicted molar refractivity (Wildman–Crippen MR) is 82.3 cm³/mol. The summed E-state index contributed by atoms with van der Waals surface area (Å²) in [5, 5.41) is 0. The monoisotopic (exact) mass is 312 g/mol. The van der Waals surface area contributed by atoms with Gasteiger partial charge in [-0.2, -0.15) is 0 Å². The number of esters is 1. The number of nitrogens with zero attached hydrogens (tertiary/aromatic N) is 2. The van der Waals surface area contributed by atoms with Crippen molar-refractivity contribution in [2.24, 2.45) is 0 Å². The van der Waals surface area contributed by atoms with Crippen LogP contribution in [0, 0.1) is 0 Å². The minimum absolute atomic E-state index is 0.0616. The second kappa shape index (κ2) is 6.48. The number of ether oxygens (including phenoxy) is 2. The molecule has 0 N–H and O–H groups in total. The van der Waals surface area contributed by atoms with Crippen LogP contribution in [0.15, 0.2) is 48.8 Å². The molecule has 3 rings (SSSR count). The standard InChI is InChI=1S/C17H16N2O4/c1-22-17(21)15-7-3-2-6-14(15)16(20)19-10-13(11-19)23-12-5-4-8-18-9-12/h2-9,13H,10-11H2,1H3. The maximum absolute atomic E-state index is 12.5. The van der Waals surface area contributed by atoms with Crippen LogP contribution in [0.4, 0.5) is 0 Å². The van der Waals surface area contributed by atoms with E-state index in [9.17, 15) is 9.59 Å². The Balaban J connectivity index is 1.64. The van der Waals surface area contributed by atoms with Gasteiger partial charge in [-0.1, -0.05) is 12.1 Å². The van der Waals surface area contributed by atoms with Crippen molar-refractivity contribution in [1.82, 2.24) is 9.88 Å². The summed E-state index contributed by atoms with van der Waals surface area (Å²) in [6.07, 6.45) is 3.25. The second-order valence-corrected chi connectivity index (χ2v) is 5.18. The van der Waals surface area contributed by atoms with E-state index in [1.165, 1.54) is 7.11 Å². The molecule has 23 heavy (non-hydrogen) atoms. The maximum atomic E-state index is 12.5. The minimum atomic E-state index is -0.516. The third-order valence-electron chi connectivity index (χ3n) is 3.64. The lowest BCUT2D eigenvalue weighted by atomic mass is 10.0. The van der Waals surface area contributed by atoms with Crippen LogP contribution in [-0.2, 0) is 4.74 Å². The number of carbonyl (C=O) groups is 2. The van der Waals surface area contributed by atoms with E-state index in [1.807, 2.05) is 6.07 Å². The molecule has 1 aliphatic heterocycles. The summed E-state index contributed by atoms with van der Waals surface area (Å²) in [6.45, 7) is 0.951. The highest BCUT2D eigenvalue weighted by atomic mass is 16.5. The molecule has 6 heteroatoms. The fraction of sp³-hybridized carbons (Fsp3) is 0.235. The van der Waals surface area contributed by atoms with E-state index < -0.39 is 5.97 Å². The number of hydrogen-bond donors (Lipinski definition) is 0. The van der Waals surface area contributed by atoms with Crippen LogP contribution in [0.3, 0.4) is 0 Å². The number of aromatic nitrogens is 1. The number of likely N-dealkylation sites (tertiary alicyclic amines) is 1. The van der Waals surface area contributed by atoms with Gasteiger partial charge in [-0.05, 0) is 24.3 Å². The molecule has 2 heterocycles. The first-order valence-electron chi connectivity index (χ1n) is 7.22. The van der Waals surface area contributed by atoms with Gasteiger partial charge < -0.3 is 14.4 Å². The number of methoxy groups -OCH3 is 1. The zero-order valence-electron chi connectivity index (χ0n) is 12.6. The summed E-state index contributed by atoms with van der Waals surface area (Å²) in [5.74, 6) is -0.0331. The van der Waals surface area contributed by atoms with E-state index in [2.05, 4.69) is 4.98 Å². The molecule has 1 aromatic heterocycles. The quantitative estimate of drug-likeness (QED) is 0.805. The largest absolute Gasteiger partial charge is 0.485 e. The van der Waals surface area contributed by atoms with E-state index in [1.54, 1.807) is 47.6 Å². The third kappa shape index (κ3) is 3.15. The second-order valence-electron chi connectivity index (χ2n) is 5.18. The van der Waals surface area contributed by atoms with Gasteiger partial charge in [0.15, 0.2) is 0 Å². The van der Waals surface area contributed by atoms with Crippen molar-refractivity contribution in [3.8, 4) is 5.75 Å². The van der Waals surface area contributed by atoms with E-state index in [4.69, 9.17) is 9.47 Å². The molecule has 1 saturated heterocycles. The van der Waals surface area contributed by atoms with Crippen LogP contribution in [0.1, 0.15) is 20.7 Å². The lowest BCUT2D eigenvalue weighted by molar-refractivity contribution is 0.0174. The highest BCUT2D eigenvalue weighted by Crippen LogP contribution is 2.21. The van der Waals surface area contributed by atoms with Gasteiger partial charge in [-0.3, -0.25) is 9.78 Å². The van der Waals surface area contributed by atoms with E-state index in [0.717, 1.165) is 0 Å². The van der Waals surface area contributed by atoms with Crippen LogP contribution in [0.2, 0.25) is 0 Å². The molecule has 0 saturated carbocycles. The maximum Gasteiger partial charge on any atom is 0.338 e. The average molecular weight is 312 g/mol. The highest BCUT2D eigenvalue weighted by Gasteiger charge is 2.34. The smallest absolute Gasteiger partial charge is 0.338 e. The van der Waals surface area contributed by atoms with E-state index in [-0.39, 0.29) is 17.6 Å². The van der Waals surface area contributed by atoms with E-state index >= 15 is 0 Å². The van der Waals surface area contributed by atoms with Crippen molar-refractivity contribution in [3.05, 3.63) is 59.9 Å². The Labute approximate surface area is 133 Å². The molecule has 0 radical (unpaired) electrons. The molecule has 1 amide bonds. The zero-order valence-corrected chi connectivity index (χ0v) is 12.6. The van der Waals surface area contributed by atoms with Gasteiger partial charge in [0.1, 0.15) is 11.9 Å². The Hall–Kier alpha value is -2.89. The minimum Gasteiger partial charge on any atom is -0.485 e. The van der Waals surface area contributed by atoms with Crippen molar-refractivity contribution in [2.75, 3.05) is 20.2 Å². The zero-order chi connectivity index (χ0) is 16.2. The lowest BCUT2D eigenvalue weighted by Gasteiger charge is -2.39. The topological polar surface area (TPSA) is 68.7 Å². The molecule has 0 bridgehead atoms. The van der Waals surface area contributed by atoms with Crippen molar-refractivity contribution < 1.29 is 19.1 Å². The Morgan fingerprint density at radius 2 is 1.87 bits per heavy atom. The van der Waals surface area contributed by atoms with Crippen molar-refractivity contribution in [2.45, 2.75) is 6.10 Å². The van der Waals surface area contributed by atoms with Gasteiger partial charge >= 0.3 is 5.97 Å². The van der Waals surface area contributed by atoms with Gasteiger partial charge in [0.2, 0.25) is 0 Å². The van der Waals surface area contributed by atoms with Crippen LogP contribution in [0.5, 0.6) is 5.75 Å². The Bertz CT molecular complexity index is 712. The molecular weight excluding hydrogens is 296 g/mol. The summed E-state index contributed by atoms with van der Waals surface area (Å²) in [6, 6.07) is 10.3. The molecular formula is C17H16N2O4. The number of rotatable bonds is 4. The summed E-state index contributed by atoms with van der Waals surface area (Å²) in [4.78, 5) is 29.9. The SMILES string of the molecule is COC(=O)c1ccccc1C(=O)N1CC(Oc2cccnc2)C1. The molecule has 1 aromatic carbocycles. The Morgan fingerprint density at radius 3 is 2.52 bits per heavy atom. The molecule has 0 unspecified atom stereocenters. The molecule has 0 atom stereocenters. The predicted octanol–water partition coefficient (Wildman–Crippen LogP) is 1.77. The van der Waals surface area contributed by atoms with Gasteiger partial charge in [0.25, 0.3) is 5.91 Å². The number of benzene rings is 1. The number of hydrogen-bond acceptors (Lipinski definition) is 5. The fourth-order valence-corrected chi connectivity index (χ4v) is 2.42. The summed E-state index contributed by atoms with van der Waals surface area (Å²) in [7, 11) is 1.30. The lowest BCUT2D eigenvalue weighted by Crippen LogP contribution is -2.56. The molecule has 1 fully saturated rings. The first kappa shape index (κ1) is 15.0. The number of carbonyl (C=O) groups excluding carboxylic acids is 2. The Kier molecular flexibility index (Phi) is 4.23. The molecule has 0 spiro atoms. The Morgan fingerprint density at radius 1 is 1.13 bits per heavy atom. The molecule has 1 aliphatic rings. The third-order valence-corrected chi connectivity index (χ3v) is 3.64. The average Bonchev–Trinajstić information content (AvgIpc) is 2.57. The van der Waals surface area contributed by atoms with Gasteiger partial charge in [0.05, 0.1) is 37.5 Å². The highest BCUT2D eigenvalue weighted by molar-refractivity contribution is 6.05. The summed E-state index contributed by atoms with van der Waals surface area (Å²) in [5.41, 5.74) is 0.621. The van der Waals surface area contributed by atoms with Crippen molar-refractivity contribution in [1.29, 1.82) is 0 Å². The molecule has 6 nitrogen and oxygen atoms in total. The molecule has 0 aliphatic carbocycles. The molecule has 118 valence electrons. The van der Waals surface area contributed by atoms with Crippen LogP contribution in [0.25, 0.3) is 0 Å². The van der Waals surface area contributed by atoms with Crippen molar-refractivity contribution in [3.63, 3.8) is 0 Å². The molecule has 2 aromatic rings. The van der Waals surface area contributed by atoms with Gasteiger partial charge in [0, 0.05) is 6.20 Å². The van der Waals surface area contributed by atoms with Gasteiger partial charge in [-0.15, -0.1) is 0 Å². The first-order valence-corrected chi connectivity index (χ1v) is 7.22. The number of pyridine rings is 1.